The second-order valence-corrected chi connectivity index (χ2v) is 7.14. The van der Waals surface area contributed by atoms with Crippen molar-refractivity contribution in [2.45, 2.75) is 45.1 Å². The summed E-state index contributed by atoms with van der Waals surface area (Å²) in [6.07, 6.45) is 6.67. The highest BCUT2D eigenvalue weighted by Gasteiger charge is 2.28. The second kappa shape index (κ2) is 6.25. The first-order valence-corrected chi connectivity index (χ1v) is 8.58. The number of nitrogens with one attached hydrogen (secondary N) is 1. The minimum Gasteiger partial charge on any atom is -0.271 e. The Hall–Kier alpha value is -0.900. The maximum absolute atomic E-state index is 5.88. The molecule has 1 saturated carbocycles. The van der Waals surface area contributed by atoms with E-state index < -0.39 is 0 Å². The Morgan fingerprint density at radius 2 is 2.00 bits per heavy atom. The Morgan fingerprint density at radius 1 is 1.25 bits per heavy atom. The number of rotatable bonds is 4. The fraction of sp³-hybridized carbons (Fsp3) is 0.529. The van der Waals surface area contributed by atoms with Gasteiger partial charge in [0.05, 0.1) is 6.04 Å². The maximum Gasteiger partial charge on any atom is 0.0581 e. The number of hydrazine groups is 1. The van der Waals surface area contributed by atoms with Gasteiger partial charge in [0, 0.05) is 9.58 Å². The molecule has 0 aliphatic heterocycles. The molecule has 3 heteroatoms. The number of fused-ring (bicyclic) bond motifs is 1. The molecule has 1 aliphatic rings. The van der Waals surface area contributed by atoms with Gasteiger partial charge in [0.15, 0.2) is 0 Å². The lowest BCUT2D eigenvalue weighted by molar-refractivity contribution is 0.221. The van der Waals surface area contributed by atoms with E-state index >= 15 is 0 Å². The molecule has 0 bridgehead atoms. The predicted octanol–water partition coefficient (Wildman–Crippen LogP) is 4.62. The maximum atomic E-state index is 5.88. The molecule has 0 saturated heterocycles. The van der Waals surface area contributed by atoms with Gasteiger partial charge in [-0.15, -0.1) is 11.3 Å². The number of hydrogen-bond acceptors (Lipinski definition) is 3. The molecule has 1 heterocycles. The van der Waals surface area contributed by atoms with E-state index in [0.29, 0.717) is 12.0 Å². The minimum absolute atomic E-state index is 0.324. The van der Waals surface area contributed by atoms with Gasteiger partial charge in [-0.1, -0.05) is 44.4 Å². The highest BCUT2D eigenvalue weighted by atomic mass is 32.1. The van der Waals surface area contributed by atoms with Gasteiger partial charge in [-0.05, 0) is 42.2 Å². The molecule has 3 N–H and O–H groups in total. The Bertz CT molecular complexity index is 522. The smallest absolute Gasteiger partial charge is 0.0581 e. The van der Waals surface area contributed by atoms with Gasteiger partial charge in [0.2, 0.25) is 0 Å². The van der Waals surface area contributed by atoms with E-state index in [1.54, 1.807) is 0 Å². The van der Waals surface area contributed by atoms with Gasteiger partial charge in [-0.3, -0.25) is 11.3 Å². The summed E-state index contributed by atoms with van der Waals surface area (Å²) in [5.74, 6) is 7.51. The van der Waals surface area contributed by atoms with Crippen LogP contribution in [0.15, 0.2) is 30.3 Å². The van der Waals surface area contributed by atoms with Crippen LogP contribution in [0.2, 0.25) is 0 Å². The fourth-order valence-electron chi connectivity index (χ4n) is 3.54. The van der Waals surface area contributed by atoms with Crippen LogP contribution in [-0.4, -0.2) is 0 Å². The van der Waals surface area contributed by atoms with Crippen molar-refractivity contribution in [3.63, 3.8) is 0 Å². The van der Waals surface area contributed by atoms with Crippen molar-refractivity contribution >= 4 is 21.4 Å². The minimum atomic E-state index is 0.324. The summed E-state index contributed by atoms with van der Waals surface area (Å²) in [6, 6.07) is 11.2. The Labute approximate surface area is 125 Å². The quantitative estimate of drug-likeness (QED) is 0.636. The van der Waals surface area contributed by atoms with E-state index in [0.717, 1.165) is 5.92 Å². The molecule has 1 atom stereocenters. The molecule has 108 valence electrons. The Balaban J connectivity index is 1.79. The highest BCUT2D eigenvalue weighted by molar-refractivity contribution is 7.19. The number of hydrogen-bond donors (Lipinski definition) is 2. The van der Waals surface area contributed by atoms with Crippen LogP contribution in [0.25, 0.3) is 10.1 Å². The summed E-state index contributed by atoms with van der Waals surface area (Å²) in [5, 5.41) is 1.34. The number of nitrogens with two attached hydrogens (primary N) is 1. The van der Waals surface area contributed by atoms with E-state index in [2.05, 4.69) is 42.7 Å². The third-order valence-electron chi connectivity index (χ3n) is 4.87. The molecule has 20 heavy (non-hydrogen) atoms. The molecule has 0 radical (unpaired) electrons. The summed E-state index contributed by atoms with van der Waals surface area (Å²) in [7, 11) is 0. The van der Waals surface area contributed by atoms with Crippen molar-refractivity contribution in [1.82, 2.24) is 5.43 Å². The van der Waals surface area contributed by atoms with Crippen LogP contribution in [0.3, 0.4) is 0 Å². The first kappa shape index (κ1) is 14.1. The van der Waals surface area contributed by atoms with E-state index in [9.17, 15) is 0 Å². The first-order chi connectivity index (χ1) is 9.81. The fourth-order valence-corrected chi connectivity index (χ4v) is 4.75. The van der Waals surface area contributed by atoms with Crippen LogP contribution in [0.1, 0.15) is 49.9 Å². The zero-order chi connectivity index (χ0) is 13.9. The van der Waals surface area contributed by atoms with Gasteiger partial charge in [0.1, 0.15) is 0 Å². The van der Waals surface area contributed by atoms with Gasteiger partial charge < -0.3 is 0 Å². The summed E-state index contributed by atoms with van der Waals surface area (Å²) in [6.45, 7) is 2.32. The van der Waals surface area contributed by atoms with E-state index in [4.69, 9.17) is 5.84 Å². The van der Waals surface area contributed by atoms with Crippen LogP contribution in [0.5, 0.6) is 0 Å². The standard InChI is InChI=1S/C17H24N2S/c1-2-12-7-9-13(10-8-12)17(19-18)16-11-14-5-3-4-6-15(14)20-16/h3-6,11-13,17,19H,2,7-10,18H2,1H3. The highest BCUT2D eigenvalue weighted by Crippen LogP contribution is 2.40. The largest absolute Gasteiger partial charge is 0.271 e. The molecule has 1 unspecified atom stereocenters. The topological polar surface area (TPSA) is 38.0 Å². The molecule has 2 aromatic rings. The van der Waals surface area contributed by atoms with Crippen molar-refractivity contribution in [3.8, 4) is 0 Å². The lowest BCUT2D eigenvalue weighted by Crippen LogP contribution is -2.34. The van der Waals surface area contributed by atoms with Crippen LogP contribution in [0.4, 0.5) is 0 Å². The molecule has 3 rings (SSSR count). The molecular formula is C17H24N2S. The predicted molar refractivity (Wildman–Crippen MR) is 87.6 cm³/mol. The lowest BCUT2D eigenvalue weighted by atomic mass is 9.77. The van der Waals surface area contributed by atoms with Crippen LogP contribution >= 0.6 is 11.3 Å². The number of benzene rings is 1. The Morgan fingerprint density at radius 3 is 2.65 bits per heavy atom. The zero-order valence-corrected chi connectivity index (χ0v) is 13.0. The van der Waals surface area contributed by atoms with Crippen molar-refractivity contribution in [2.24, 2.45) is 17.7 Å². The molecule has 1 fully saturated rings. The summed E-state index contributed by atoms with van der Waals surface area (Å²) < 4.78 is 1.37. The average molecular weight is 288 g/mol. The Kier molecular flexibility index (Phi) is 4.39. The summed E-state index contributed by atoms with van der Waals surface area (Å²) >= 11 is 1.89. The molecule has 2 nitrogen and oxygen atoms in total. The molecule has 0 spiro atoms. The zero-order valence-electron chi connectivity index (χ0n) is 12.1. The van der Waals surface area contributed by atoms with Gasteiger partial charge in [-0.2, -0.15) is 0 Å². The van der Waals surface area contributed by atoms with E-state index in [-0.39, 0.29) is 0 Å². The summed E-state index contributed by atoms with van der Waals surface area (Å²) in [4.78, 5) is 1.40. The molecular weight excluding hydrogens is 264 g/mol. The third-order valence-corrected chi connectivity index (χ3v) is 6.07. The van der Waals surface area contributed by atoms with Gasteiger partial charge in [0.25, 0.3) is 0 Å². The van der Waals surface area contributed by atoms with Gasteiger partial charge >= 0.3 is 0 Å². The van der Waals surface area contributed by atoms with Crippen molar-refractivity contribution in [3.05, 3.63) is 35.2 Å². The van der Waals surface area contributed by atoms with Gasteiger partial charge in [-0.25, -0.2) is 0 Å². The lowest BCUT2D eigenvalue weighted by Gasteiger charge is -2.32. The first-order valence-electron chi connectivity index (χ1n) is 7.76. The number of thiophene rings is 1. The molecule has 1 aliphatic carbocycles. The summed E-state index contributed by atoms with van der Waals surface area (Å²) in [5.41, 5.74) is 3.09. The normalized spacial score (nSPS) is 24.9. The molecule has 0 amide bonds. The second-order valence-electron chi connectivity index (χ2n) is 6.02. The monoisotopic (exact) mass is 288 g/mol. The SMILES string of the molecule is CCC1CCC(C(NN)c2cc3ccccc3s2)CC1. The molecule has 1 aromatic carbocycles. The van der Waals surface area contributed by atoms with E-state index in [1.807, 2.05) is 11.3 Å². The van der Waals surface area contributed by atoms with Crippen molar-refractivity contribution in [1.29, 1.82) is 0 Å². The van der Waals surface area contributed by atoms with Crippen LogP contribution < -0.4 is 11.3 Å². The van der Waals surface area contributed by atoms with Crippen molar-refractivity contribution in [2.75, 3.05) is 0 Å². The average Bonchev–Trinajstić information content (AvgIpc) is 2.92. The van der Waals surface area contributed by atoms with Crippen LogP contribution in [0, 0.1) is 11.8 Å². The van der Waals surface area contributed by atoms with E-state index in [1.165, 1.54) is 47.1 Å². The van der Waals surface area contributed by atoms with Crippen LogP contribution in [-0.2, 0) is 0 Å². The van der Waals surface area contributed by atoms with Crippen molar-refractivity contribution < 1.29 is 0 Å². The molecule has 1 aromatic heterocycles. The third kappa shape index (κ3) is 2.76.